The summed E-state index contributed by atoms with van der Waals surface area (Å²) in [6.07, 6.45) is 3.03. The third-order valence-electron chi connectivity index (χ3n) is 2.63. The van der Waals surface area contributed by atoms with Gasteiger partial charge in [0.15, 0.2) is 5.82 Å². The molecule has 2 N–H and O–H groups in total. The molecule has 0 radical (unpaired) electrons. The smallest absolute Gasteiger partial charge is 0.234 e. The minimum atomic E-state index is -0.0614. The van der Waals surface area contributed by atoms with Crippen LogP contribution in [0.25, 0.3) is 4.96 Å². The third-order valence-corrected chi connectivity index (χ3v) is 4.30. The predicted molar refractivity (Wildman–Crippen MR) is 77.3 cm³/mol. The monoisotopic (exact) mass is 285 g/mol. The van der Waals surface area contributed by atoms with E-state index in [-0.39, 0.29) is 11.5 Å². The van der Waals surface area contributed by atoms with Crippen LogP contribution in [0, 0.1) is 0 Å². The Labute approximate surface area is 115 Å². The van der Waals surface area contributed by atoms with Gasteiger partial charge in [-0.15, -0.1) is 10.2 Å². The van der Waals surface area contributed by atoms with Crippen molar-refractivity contribution < 1.29 is 0 Å². The molecule has 0 saturated heterocycles. The van der Waals surface area contributed by atoms with Gasteiger partial charge in [0.25, 0.3) is 0 Å². The van der Waals surface area contributed by atoms with Crippen LogP contribution in [-0.4, -0.2) is 31.8 Å². The summed E-state index contributed by atoms with van der Waals surface area (Å²) in [5, 5.41) is 13.9. The Balaban J connectivity index is 2.31. The maximum Gasteiger partial charge on any atom is 0.234 e. The van der Waals surface area contributed by atoms with Crippen LogP contribution < -0.4 is 5.73 Å². The summed E-state index contributed by atoms with van der Waals surface area (Å²) in [7, 11) is 0. The maximum atomic E-state index is 6.14. The maximum absolute atomic E-state index is 6.14. The number of fused-ring (bicyclic) bond motifs is 1. The quantitative estimate of drug-likeness (QED) is 0.933. The van der Waals surface area contributed by atoms with Gasteiger partial charge in [0.2, 0.25) is 4.96 Å². The van der Waals surface area contributed by atoms with E-state index in [2.05, 4.69) is 42.3 Å². The molecule has 2 aromatic heterocycles. The zero-order chi connectivity index (χ0) is 13.3. The molecule has 2 heterocycles. The number of aromatic nitrogens is 4. The van der Waals surface area contributed by atoms with E-state index < -0.39 is 0 Å². The van der Waals surface area contributed by atoms with Crippen molar-refractivity contribution in [2.24, 2.45) is 5.73 Å². The Bertz CT molecular complexity index is 525. The number of nitrogens with zero attached hydrogens (tertiary/aromatic N) is 4. The highest BCUT2D eigenvalue weighted by molar-refractivity contribution is 7.98. The van der Waals surface area contributed by atoms with Crippen molar-refractivity contribution in [3.05, 3.63) is 10.8 Å². The molecule has 0 aliphatic rings. The number of hydrogen-bond donors (Lipinski definition) is 1. The first-order chi connectivity index (χ1) is 8.43. The molecule has 18 heavy (non-hydrogen) atoms. The van der Waals surface area contributed by atoms with Gasteiger partial charge in [-0.1, -0.05) is 32.1 Å². The van der Waals surface area contributed by atoms with Gasteiger partial charge in [-0.25, -0.2) is 0 Å². The van der Waals surface area contributed by atoms with Crippen molar-refractivity contribution in [2.75, 3.05) is 12.0 Å². The Kier molecular flexibility index (Phi) is 3.93. The molecule has 100 valence electrons. The second kappa shape index (κ2) is 5.14. The van der Waals surface area contributed by atoms with Gasteiger partial charge in [-0.05, 0) is 18.4 Å². The van der Waals surface area contributed by atoms with E-state index in [0.29, 0.717) is 0 Å². The minimum absolute atomic E-state index is 0.00281. The van der Waals surface area contributed by atoms with E-state index in [0.717, 1.165) is 28.0 Å². The van der Waals surface area contributed by atoms with Crippen LogP contribution in [0.2, 0.25) is 0 Å². The summed E-state index contributed by atoms with van der Waals surface area (Å²) in [5.41, 5.74) is 6.07. The van der Waals surface area contributed by atoms with Gasteiger partial charge in [-0.3, -0.25) is 0 Å². The van der Waals surface area contributed by atoms with Crippen LogP contribution in [0.1, 0.15) is 44.1 Å². The number of hydrogen-bond acceptors (Lipinski definition) is 6. The average molecular weight is 285 g/mol. The van der Waals surface area contributed by atoms with E-state index in [1.54, 1.807) is 11.8 Å². The minimum Gasteiger partial charge on any atom is -0.322 e. The first-order valence-electron chi connectivity index (χ1n) is 5.90. The summed E-state index contributed by atoms with van der Waals surface area (Å²) >= 11 is 3.34. The van der Waals surface area contributed by atoms with Gasteiger partial charge < -0.3 is 5.73 Å². The van der Waals surface area contributed by atoms with Gasteiger partial charge in [0.05, 0.1) is 6.04 Å². The zero-order valence-electron chi connectivity index (χ0n) is 11.2. The molecular weight excluding hydrogens is 266 g/mol. The molecule has 0 bridgehead atoms. The molecule has 0 fully saturated rings. The van der Waals surface area contributed by atoms with Crippen molar-refractivity contribution in [3.63, 3.8) is 0 Å². The zero-order valence-corrected chi connectivity index (χ0v) is 12.8. The summed E-state index contributed by atoms with van der Waals surface area (Å²) in [6.45, 7) is 6.32. The van der Waals surface area contributed by atoms with E-state index in [4.69, 9.17) is 5.73 Å². The lowest BCUT2D eigenvalue weighted by Crippen LogP contribution is -2.17. The normalized spacial score (nSPS) is 14.3. The molecule has 1 atom stereocenters. The molecule has 0 saturated carbocycles. The molecule has 7 heteroatoms. The largest absolute Gasteiger partial charge is 0.322 e. The van der Waals surface area contributed by atoms with E-state index in [1.165, 1.54) is 11.3 Å². The first-order valence-corrected chi connectivity index (χ1v) is 8.11. The van der Waals surface area contributed by atoms with Crippen molar-refractivity contribution >= 4 is 28.1 Å². The van der Waals surface area contributed by atoms with Crippen LogP contribution in [0.15, 0.2) is 0 Å². The Hall–Kier alpha value is -0.660. The highest BCUT2D eigenvalue weighted by atomic mass is 32.2. The molecule has 0 aromatic carbocycles. The fourth-order valence-corrected chi connectivity index (χ4v) is 2.98. The SMILES string of the molecule is CSCCC(N)c1nn2c(C(C)(C)C)nnc2s1. The number of thioether (sulfide) groups is 1. The van der Waals surface area contributed by atoms with Crippen molar-refractivity contribution in [3.8, 4) is 0 Å². The molecule has 0 aliphatic heterocycles. The van der Waals surface area contributed by atoms with Crippen LogP contribution in [0.3, 0.4) is 0 Å². The average Bonchev–Trinajstić information content (AvgIpc) is 2.82. The highest BCUT2D eigenvalue weighted by Crippen LogP contribution is 2.26. The fourth-order valence-electron chi connectivity index (χ4n) is 1.62. The van der Waals surface area contributed by atoms with Crippen LogP contribution >= 0.6 is 23.1 Å². The summed E-state index contributed by atoms with van der Waals surface area (Å²) in [6, 6.07) is -0.00281. The van der Waals surface area contributed by atoms with Crippen molar-refractivity contribution in [1.82, 2.24) is 19.8 Å². The van der Waals surface area contributed by atoms with E-state index in [1.807, 2.05) is 4.52 Å². The van der Waals surface area contributed by atoms with Gasteiger partial charge in [-0.2, -0.15) is 21.4 Å². The van der Waals surface area contributed by atoms with E-state index >= 15 is 0 Å². The lowest BCUT2D eigenvalue weighted by Gasteiger charge is -2.13. The predicted octanol–water partition coefficient (Wildman–Crippen LogP) is 2.24. The lowest BCUT2D eigenvalue weighted by molar-refractivity contribution is 0.524. The molecule has 2 rings (SSSR count). The summed E-state index contributed by atoms with van der Waals surface area (Å²) in [5.74, 6) is 1.94. The highest BCUT2D eigenvalue weighted by Gasteiger charge is 2.24. The Morgan fingerprint density at radius 1 is 1.39 bits per heavy atom. The molecule has 2 aromatic rings. The van der Waals surface area contributed by atoms with Gasteiger partial charge in [0, 0.05) is 5.41 Å². The van der Waals surface area contributed by atoms with Gasteiger partial charge >= 0.3 is 0 Å². The fraction of sp³-hybridized carbons (Fsp3) is 0.727. The molecule has 1 unspecified atom stereocenters. The molecule has 0 amide bonds. The second-order valence-corrected chi connectivity index (χ2v) is 7.27. The Morgan fingerprint density at radius 3 is 2.72 bits per heavy atom. The summed E-state index contributed by atoms with van der Waals surface area (Å²) < 4.78 is 1.83. The van der Waals surface area contributed by atoms with E-state index in [9.17, 15) is 0 Å². The lowest BCUT2D eigenvalue weighted by atomic mass is 9.96. The van der Waals surface area contributed by atoms with Crippen LogP contribution in [-0.2, 0) is 5.41 Å². The first kappa shape index (κ1) is 13.8. The Morgan fingerprint density at radius 2 is 2.11 bits per heavy atom. The third kappa shape index (κ3) is 2.67. The second-order valence-electron chi connectivity index (χ2n) is 5.30. The van der Waals surface area contributed by atoms with Crippen LogP contribution in [0.5, 0.6) is 0 Å². The summed E-state index contributed by atoms with van der Waals surface area (Å²) in [4.78, 5) is 0.828. The van der Waals surface area contributed by atoms with Crippen molar-refractivity contribution in [1.29, 1.82) is 0 Å². The number of nitrogens with two attached hydrogens (primary N) is 1. The van der Waals surface area contributed by atoms with Crippen LogP contribution in [0.4, 0.5) is 0 Å². The molecular formula is C11H19N5S2. The molecule has 5 nitrogen and oxygen atoms in total. The van der Waals surface area contributed by atoms with Gasteiger partial charge in [0.1, 0.15) is 5.01 Å². The standard InChI is InChI=1S/C11H19N5S2/c1-11(2,3)9-13-14-10-16(9)15-8(18-10)7(12)5-6-17-4/h7H,5-6,12H2,1-4H3. The molecule has 0 aliphatic carbocycles. The topological polar surface area (TPSA) is 69.1 Å². The van der Waals surface area contributed by atoms with Crippen molar-refractivity contribution in [2.45, 2.75) is 38.6 Å². The number of rotatable bonds is 4. The molecule has 0 spiro atoms.